The monoisotopic (exact) mass is 194 g/mol. The largest absolute Gasteiger partial charge is 0.338 e. The molecule has 0 spiro atoms. The van der Waals surface area contributed by atoms with Crippen molar-refractivity contribution < 1.29 is 4.79 Å². The van der Waals surface area contributed by atoms with E-state index in [2.05, 4.69) is 6.07 Å². The second kappa shape index (κ2) is 4.00. The van der Waals surface area contributed by atoms with Crippen LogP contribution in [-0.2, 0) is 4.79 Å². The minimum Gasteiger partial charge on any atom is -0.338 e. The van der Waals surface area contributed by atoms with Gasteiger partial charge in [-0.3, -0.25) is 4.79 Å². The first-order chi connectivity index (χ1) is 6.53. The molecule has 1 rings (SSSR count). The third-order valence-electron chi connectivity index (χ3n) is 2.99. The lowest BCUT2D eigenvalue weighted by atomic mass is 9.83. The molecule has 0 aromatic carbocycles. The van der Waals surface area contributed by atoms with E-state index in [1.54, 1.807) is 0 Å². The summed E-state index contributed by atoms with van der Waals surface area (Å²) in [4.78, 5) is 13.4. The van der Waals surface area contributed by atoms with Gasteiger partial charge in [-0.05, 0) is 26.7 Å². The fourth-order valence-electron chi connectivity index (χ4n) is 2.19. The summed E-state index contributed by atoms with van der Waals surface area (Å²) in [7, 11) is 0. The molecule has 1 amide bonds. The highest BCUT2D eigenvalue weighted by Gasteiger charge is 2.37. The Bertz CT molecular complexity index is 265. The summed E-state index contributed by atoms with van der Waals surface area (Å²) in [6.07, 6.45) is 2.45. The molecule has 0 aromatic rings. The van der Waals surface area contributed by atoms with Crippen LogP contribution in [0.3, 0.4) is 0 Å². The van der Waals surface area contributed by atoms with Gasteiger partial charge in [0, 0.05) is 19.0 Å². The lowest BCUT2D eigenvalue weighted by Gasteiger charge is -2.35. The van der Waals surface area contributed by atoms with E-state index in [9.17, 15) is 4.79 Å². The van der Waals surface area contributed by atoms with Gasteiger partial charge in [-0.1, -0.05) is 6.92 Å². The van der Waals surface area contributed by atoms with Crippen molar-refractivity contribution in [3.63, 3.8) is 0 Å². The summed E-state index contributed by atoms with van der Waals surface area (Å²) in [5, 5.41) is 9.05. The Morgan fingerprint density at radius 2 is 2.29 bits per heavy atom. The maximum atomic E-state index is 11.6. The standard InChI is InChI=1S/C11H18N2O/c1-4-9(11(2,3)8-12)13-7-5-6-10(13)14/h9H,4-7H2,1-3H3. The fraction of sp³-hybridized carbons (Fsp3) is 0.818. The van der Waals surface area contributed by atoms with Crippen molar-refractivity contribution in [1.82, 2.24) is 4.90 Å². The molecule has 0 N–H and O–H groups in total. The van der Waals surface area contributed by atoms with E-state index in [4.69, 9.17) is 5.26 Å². The first kappa shape index (κ1) is 11.0. The van der Waals surface area contributed by atoms with Crippen LogP contribution < -0.4 is 0 Å². The van der Waals surface area contributed by atoms with Gasteiger partial charge in [0.2, 0.25) is 5.91 Å². The van der Waals surface area contributed by atoms with Crippen LogP contribution in [0.1, 0.15) is 40.0 Å². The van der Waals surface area contributed by atoms with Crippen LogP contribution in [0, 0.1) is 16.7 Å². The maximum Gasteiger partial charge on any atom is 0.222 e. The van der Waals surface area contributed by atoms with Gasteiger partial charge in [-0.15, -0.1) is 0 Å². The molecule has 0 aliphatic carbocycles. The molecule has 1 aliphatic rings. The van der Waals surface area contributed by atoms with Gasteiger partial charge < -0.3 is 4.90 Å². The number of carbonyl (C=O) groups excluding carboxylic acids is 1. The summed E-state index contributed by atoms with van der Waals surface area (Å²) in [6, 6.07) is 2.37. The first-order valence-electron chi connectivity index (χ1n) is 5.23. The summed E-state index contributed by atoms with van der Waals surface area (Å²) < 4.78 is 0. The molecule has 0 radical (unpaired) electrons. The van der Waals surface area contributed by atoms with Gasteiger partial charge in [0.1, 0.15) is 0 Å². The second-order valence-corrected chi connectivity index (χ2v) is 4.45. The van der Waals surface area contributed by atoms with Crippen molar-refractivity contribution in [3.05, 3.63) is 0 Å². The van der Waals surface area contributed by atoms with Crippen LogP contribution in [0.2, 0.25) is 0 Å². The first-order valence-corrected chi connectivity index (χ1v) is 5.23. The lowest BCUT2D eigenvalue weighted by molar-refractivity contribution is -0.131. The van der Waals surface area contributed by atoms with Crippen LogP contribution in [-0.4, -0.2) is 23.4 Å². The number of amides is 1. The average Bonchev–Trinajstić information content (AvgIpc) is 2.53. The number of hydrogen-bond donors (Lipinski definition) is 0. The zero-order chi connectivity index (χ0) is 10.8. The Hall–Kier alpha value is -1.04. The van der Waals surface area contributed by atoms with Gasteiger partial charge in [0.25, 0.3) is 0 Å². The van der Waals surface area contributed by atoms with E-state index in [-0.39, 0.29) is 11.9 Å². The molecule has 1 unspecified atom stereocenters. The molecule has 1 aliphatic heterocycles. The fourth-order valence-corrected chi connectivity index (χ4v) is 2.19. The molecule has 0 saturated carbocycles. The van der Waals surface area contributed by atoms with Crippen LogP contribution >= 0.6 is 0 Å². The highest BCUT2D eigenvalue weighted by molar-refractivity contribution is 5.78. The minimum atomic E-state index is -0.436. The van der Waals surface area contributed by atoms with Crippen molar-refractivity contribution in [2.24, 2.45) is 5.41 Å². The molecule has 0 aromatic heterocycles. The predicted molar refractivity (Wildman–Crippen MR) is 54.4 cm³/mol. The number of nitrogens with zero attached hydrogens (tertiary/aromatic N) is 2. The summed E-state index contributed by atoms with van der Waals surface area (Å²) in [5.74, 6) is 0.208. The van der Waals surface area contributed by atoms with Crippen molar-refractivity contribution in [1.29, 1.82) is 5.26 Å². The molecule has 1 saturated heterocycles. The summed E-state index contributed by atoms with van der Waals surface area (Å²) >= 11 is 0. The van der Waals surface area contributed by atoms with Gasteiger partial charge in [0.05, 0.1) is 11.5 Å². The van der Waals surface area contributed by atoms with E-state index in [1.807, 2.05) is 25.7 Å². The Morgan fingerprint density at radius 1 is 1.64 bits per heavy atom. The molecule has 0 bridgehead atoms. The summed E-state index contributed by atoms with van der Waals surface area (Å²) in [6.45, 7) is 6.68. The predicted octanol–water partition coefficient (Wildman–Crippen LogP) is 1.94. The van der Waals surface area contributed by atoms with Crippen molar-refractivity contribution in [3.8, 4) is 6.07 Å². The highest BCUT2D eigenvalue weighted by Crippen LogP contribution is 2.29. The van der Waals surface area contributed by atoms with E-state index in [0.717, 1.165) is 19.4 Å². The van der Waals surface area contributed by atoms with Gasteiger partial charge in [-0.2, -0.15) is 5.26 Å². The summed E-state index contributed by atoms with van der Waals surface area (Å²) in [5.41, 5.74) is -0.436. The third-order valence-corrected chi connectivity index (χ3v) is 2.99. The number of rotatable bonds is 3. The minimum absolute atomic E-state index is 0.0718. The molecule has 3 nitrogen and oxygen atoms in total. The van der Waals surface area contributed by atoms with Gasteiger partial charge in [-0.25, -0.2) is 0 Å². The normalized spacial score (nSPS) is 19.6. The zero-order valence-corrected chi connectivity index (χ0v) is 9.21. The topological polar surface area (TPSA) is 44.1 Å². The molecule has 1 atom stereocenters. The Kier molecular flexibility index (Phi) is 3.15. The molecule has 3 heteroatoms. The number of hydrogen-bond acceptors (Lipinski definition) is 2. The maximum absolute atomic E-state index is 11.6. The van der Waals surface area contributed by atoms with Crippen molar-refractivity contribution >= 4 is 5.91 Å². The SMILES string of the molecule is CCC(N1CCCC1=O)C(C)(C)C#N. The Balaban J connectivity index is 2.82. The van der Waals surface area contributed by atoms with E-state index >= 15 is 0 Å². The molecule has 78 valence electrons. The molecule has 14 heavy (non-hydrogen) atoms. The van der Waals surface area contributed by atoms with Crippen LogP contribution in [0.4, 0.5) is 0 Å². The lowest BCUT2D eigenvalue weighted by Crippen LogP contribution is -2.44. The zero-order valence-electron chi connectivity index (χ0n) is 9.21. The Morgan fingerprint density at radius 3 is 2.64 bits per heavy atom. The molecule has 1 fully saturated rings. The molecular weight excluding hydrogens is 176 g/mol. The van der Waals surface area contributed by atoms with Gasteiger partial charge >= 0.3 is 0 Å². The smallest absolute Gasteiger partial charge is 0.222 e. The van der Waals surface area contributed by atoms with E-state index in [0.29, 0.717) is 6.42 Å². The van der Waals surface area contributed by atoms with E-state index < -0.39 is 5.41 Å². The highest BCUT2D eigenvalue weighted by atomic mass is 16.2. The van der Waals surface area contributed by atoms with Crippen molar-refractivity contribution in [2.75, 3.05) is 6.54 Å². The van der Waals surface area contributed by atoms with Crippen molar-refractivity contribution in [2.45, 2.75) is 46.1 Å². The van der Waals surface area contributed by atoms with Crippen LogP contribution in [0.25, 0.3) is 0 Å². The number of carbonyl (C=O) groups is 1. The number of likely N-dealkylation sites (tertiary alicyclic amines) is 1. The van der Waals surface area contributed by atoms with E-state index in [1.165, 1.54) is 0 Å². The average molecular weight is 194 g/mol. The quantitative estimate of drug-likeness (QED) is 0.689. The van der Waals surface area contributed by atoms with Crippen LogP contribution in [0.15, 0.2) is 0 Å². The molecule has 1 heterocycles. The molecular formula is C11H18N2O. The van der Waals surface area contributed by atoms with Gasteiger partial charge in [0.15, 0.2) is 0 Å². The Labute approximate surface area is 85.7 Å². The van der Waals surface area contributed by atoms with Crippen LogP contribution in [0.5, 0.6) is 0 Å². The second-order valence-electron chi connectivity index (χ2n) is 4.45. The number of nitriles is 1. The third kappa shape index (κ3) is 1.89.